The molecule has 21 heavy (non-hydrogen) atoms. The number of carbonyl (C=O) groups excluding carboxylic acids is 1. The predicted molar refractivity (Wildman–Crippen MR) is 94.0 cm³/mol. The highest BCUT2D eigenvalue weighted by Crippen LogP contribution is 2.16. The SMILES string of the molecule is Cc1cccc(C(=O)NC(=S)Nc2ccc(I)cc2F)c1. The lowest BCUT2D eigenvalue weighted by Gasteiger charge is -2.10. The van der Waals surface area contributed by atoms with E-state index < -0.39 is 5.82 Å². The highest BCUT2D eigenvalue weighted by Gasteiger charge is 2.09. The minimum atomic E-state index is -0.422. The number of amides is 1. The van der Waals surface area contributed by atoms with E-state index in [1.165, 1.54) is 6.07 Å². The molecule has 2 rings (SSSR count). The minimum Gasteiger partial charge on any atom is -0.330 e. The fourth-order valence-electron chi connectivity index (χ4n) is 1.71. The lowest BCUT2D eigenvalue weighted by Crippen LogP contribution is -2.34. The number of nitrogens with one attached hydrogen (secondary N) is 2. The molecule has 108 valence electrons. The smallest absolute Gasteiger partial charge is 0.257 e. The van der Waals surface area contributed by atoms with E-state index >= 15 is 0 Å². The molecule has 0 aliphatic heterocycles. The van der Waals surface area contributed by atoms with Gasteiger partial charge in [0.1, 0.15) is 5.82 Å². The van der Waals surface area contributed by atoms with E-state index in [1.54, 1.807) is 30.3 Å². The summed E-state index contributed by atoms with van der Waals surface area (Å²) in [7, 11) is 0. The molecule has 0 radical (unpaired) electrons. The standard InChI is InChI=1S/C15H12FIN2OS/c1-9-3-2-4-10(7-9)14(20)19-15(21)18-13-6-5-11(17)8-12(13)16/h2-8H,1H3,(H2,18,19,20,21). The largest absolute Gasteiger partial charge is 0.330 e. The van der Waals surface area contributed by atoms with Crippen molar-refractivity contribution in [2.24, 2.45) is 0 Å². The zero-order chi connectivity index (χ0) is 15.4. The molecule has 0 heterocycles. The molecule has 3 nitrogen and oxygen atoms in total. The van der Waals surface area contributed by atoms with Gasteiger partial charge < -0.3 is 5.32 Å². The van der Waals surface area contributed by atoms with Crippen molar-refractivity contribution < 1.29 is 9.18 Å². The van der Waals surface area contributed by atoms with Crippen molar-refractivity contribution in [3.8, 4) is 0 Å². The van der Waals surface area contributed by atoms with E-state index in [1.807, 2.05) is 35.6 Å². The van der Waals surface area contributed by atoms with Crippen molar-refractivity contribution in [3.63, 3.8) is 0 Å². The molecule has 0 atom stereocenters. The molecule has 0 aliphatic carbocycles. The molecule has 0 saturated carbocycles. The summed E-state index contributed by atoms with van der Waals surface area (Å²) in [5.41, 5.74) is 1.71. The molecule has 0 bridgehead atoms. The van der Waals surface area contributed by atoms with Crippen molar-refractivity contribution in [2.45, 2.75) is 6.92 Å². The van der Waals surface area contributed by atoms with Gasteiger partial charge in [-0.3, -0.25) is 10.1 Å². The molecule has 0 saturated heterocycles. The molecule has 2 aromatic rings. The average molecular weight is 414 g/mol. The maximum Gasteiger partial charge on any atom is 0.257 e. The van der Waals surface area contributed by atoms with Gasteiger partial charge in [0.25, 0.3) is 5.91 Å². The highest BCUT2D eigenvalue weighted by molar-refractivity contribution is 14.1. The Morgan fingerprint density at radius 2 is 2.00 bits per heavy atom. The number of aryl methyl sites for hydroxylation is 1. The second-order valence-electron chi connectivity index (χ2n) is 4.40. The van der Waals surface area contributed by atoms with Crippen molar-refractivity contribution in [1.82, 2.24) is 5.32 Å². The topological polar surface area (TPSA) is 41.1 Å². The molecule has 0 aliphatic rings. The van der Waals surface area contributed by atoms with E-state index in [9.17, 15) is 9.18 Å². The number of hydrogen-bond acceptors (Lipinski definition) is 2. The number of rotatable bonds is 2. The van der Waals surface area contributed by atoms with Crippen molar-refractivity contribution >= 4 is 51.5 Å². The van der Waals surface area contributed by atoms with Crippen LogP contribution in [0, 0.1) is 16.3 Å². The Hall–Kier alpha value is -1.54. The van der Waals surface area contributed by atoms with Gasteiger partial charge in [-0.1, -0.05) is 17.7 Å². The van der Waals surface area contributed by atoms with Gasteiger partial charge in [0, 0.05) is 9.13 Å². The van der Waals surface area contributed by atoms with Crippen LogP contribution in [-0.4, -0.2) is 11.0 Å². The van der Waals surface area contributed by atoms with Gasteiger partial charge >= 0.3 is 0 Å². The second-order valence-corrected chi connectivity index (χ2v) is 6.06. The van der Waals surface area contributed by atoms with Crippen LogP contribution in [0.15, 0.2) is 42.5 Å². The van der Waals surface area contributed by atoms with Crippen LogP contribution >= 0.6 is 34.8 Å². The summed E-state index contributed by atoms with van der Waals surface area (Å²) in [6, 6.07) is 11.8. The maximum absolute atomic E-state index is 13.7. The summed E-state index contributed by atoms with van der Waals surface area (Å²) in [5.74, 6) is -0.754. The van der Waals surface area contributed by atoms with Gasteiger partial charge in [-0.15, -0.1) is 0 Å². The molecule has 0 spiro atoms. The monoisotopic (exact) mass is 414 g/mol. The second kappa shape index (κ2) is 6.95. The van der Waals surface area contributed by atoms with Crippen LogP contribution in [0.4, 0.5) is 10.1 Å². The number of thiocarbonyl (C=S) groups is 1. The minimum absolute atomic E-state index is 0.0571. The van der Waals surface area contributed by atoms with E-state index in [4.69, 9.17) is 12.2 Å². The summed E-state index contributed by atoms with van der Waals surface area (Å²) in [4.78, 5) is 12.0. The van der Waals surface area contributed by atoms with Crippen molar-refractivity contribution in [3.05, 3.63) is 63.0 Å². The Labute approximate surface area is 141 Å². The third kappa shape index (κ3) is 4.47. The first-order valence-electron chi connectivity index (χ1n) is 6.10. The fourth-order valence-corrected chi connectivity index (χ4v) is 2.36. The lowest BCUT2D eigenvalue weighted by atomic mass is 10.1. The first kappa shape index (κ1) is 15.8. The number of halogens is 2. The summed E-state index contributed by atoms with van der Waals surface area (Å²) in [6.45, 7) is 1.90. The molecular formula is C15H12FIN2OS. The number of anilines is 1. The first-order valence-corrected chi connectivity index (χ1v) is 7.58. The highest BCUT2D eigenvalue weighted by atomic mass is 127. The van der Waals surface area contributed by atoms with Crippen LogP contribution in [0.3, 0.4) is 0 Å². The van der Waals surface area contributed by atoms with Crippen LogP contribution < -0.4 is 10.6 Å². The summed E-state index contributed by atoms with van der Waals surface area (Å²) >= 11 is 7.04. The van der Waals surface area contributed by atoms with Crippen LogP contribution in [0.5, 0.6) is 0 Å². The molecule has 0 fully saturated rings. The summed E-state index contributed by atoms with van der Waals surface area (Å²) in [6.07, 6.45) is 0. The van der Waals surface area contributed by atoms with Crippen LogP contribution in [-0.2, 0) is 0 Å². The third-order valence-corrected chi connectivity index (χ3v) is 3.56. The Morgan fingerprint density at radius 3 is 2.67 bits per heavy atom. The Kier molecular flexibility index (Phi) is 5.24. The number of carbonyl (C=O) groups is 1. The quantitative estimate of drug-likeness (QED) is 0.579. The normalized spacial score (nSPS) is 10.0. The van der Waals surface area contributed by atoms with Crippen LogP contribution in [0.1, 0.15) is 15.9 Å². The van der Waals surface area contributed by atoms with Gasteiger partial charge in [-0.05, 0) is 72.1 Å². The van der Waals surface area contributed by atoms with Gasteiger partial charge in [0.15, 0.2) is 5.11 Å². The number of benzene rings is 2. The first-order chi connectivity index (χ1) is 9.95. The molecule has 1 amide bonds. The fraction of sp³-hybridized carbons (Fsp3) is 0.0667. The molecule has 2 N–H and O–H groups in total. The van der Waals surface area contributed by atoms with Gasteiger partial charge in [0.05, 0.1) is 5.69 Å². The van der Waals surface area contributed by atoms with Gasteiger partial charge in [0.2, 0.25) is 0 Å². The van der Waals surface area contributed by atoms with Crippen LogP contribution in [0.25, 0.3) is 0 Å². The maximum atomic E-state index is 13.7. The van der Waals surface area contributed by atoms with E-state index in [0.29, 0.717) is 5.56 Å². The summed E-state index contributed by atoms with van der Waals surface area (Å²) < 4.78 is 14.5. The Bertz CT molecular complexity index is 706. The lowest BCUT2D eigenvalue weighted by molar-refractivity contribution is 0.0977. The zero-order valence-corrected chi connectivity index (χ0v) is 14.1. The van der Waals surface area contributed by atoms with Crippen LogP contribution in [0.2, 0.25) is 0 Å². The predicted octanol–water partition coefficient (Wildman–Crippen LogP) is 3.87. The van der Waals surface area contributed by atoms with Crippen molar-refractivity contribution in [2.75, 3.05) is 5.32 Å². The Balaban J connectivity index is 2.03. The van der Waals surface area contributed by atoms with Gasteiger partial charge in [-0.25, -0.2) is 4.39 Å². The van der Waals surface area contributed by atoms with E-state index in [2.05, 4.69) is 10.6 Å². The third-order valence-electron chi connectivity index (χ3n) is 2.69. The van der Waals surface area contributed by atoms with E-state index in [-0.39, 0.29) is 16.7 Å². The molecule has 0 unspecified atom stereocenters. The Morgan fingerprint density at radius 1 is 1.24 bits per heavy atom. The number of hydrogen-bond donors (Lipinski definition) is 2. The molecule has 6 heteroatoms. The average Bonchev–Trinajstić information content (AvgIpc) is 2.42. The molecule has 0 aromatic heterocycles. The summed E-state index contributed by atoms with van der Waals surface area (Å²) in [5, 5.41) is 5.26. The zero-order valence-electron chi connectivity index (χ0n) is 11.1. The van der Waals surface area contributed by atoms with Crippen molar-refractivity contribution in [1.29, 1.82) is 0 Å². The molecular weight excluding hydrogens is 402 g/mol. The van der Waals surface area contributed by atoms with Gasteiger partial charge in [-0.2, -0.15) is 0 Å². The molecule has 2 aromatic carbocycles. The van der Waals surface area contributed by atoms with E-state index in [0.717, 1.165) is 9.13 Å².